The molecule has 11 heteroatoms. The largest absolute Gasteiger partial charge is 0.444 e. The van der Waals surface area contributed by atoms with Gasteiger partial charge in [0.1, 0.15) is 5.60 Å². The standard InChI is InChI=1S/C31H40N4O5S2/c1-31(2,3)40-30(37)32-16-13-28(36)33-29-35(26-20-42(38,39)21-27(26)41-29)25-11-9-24(10-12-25)34-17-14-23(15-18-34)19-22-7-5-4-6-8-22/h4-12,23,26-27H,13-21H2,1-3H3,(H,32,37)/t26-,27-/m1/s1. The fraction of sp³-hybridized carbons (Fsp3) is 0.516. The maximum absolute atomic E-state index is 12.7. The molecule has 2 atom stereocenters. The van der Waals surface area contributed by atoms with Crippen molar-refractivity contribution in [1.29, 1.82) is 0 Å². The summed E-state index contributed by atoms with van der Waals surface area (Å²) in [6.07, 6.45) is 2.83. The number of nitrogens with zero attached hydrogens (tertiary/aromatic N) is 3. The van der Waals surface area contributed by atoms with E-state index in [0.717, 1.165) is 43.7 Å². The number of anilines is 2. The molecule has 2 amide bonds. The van der Waals surface area contributed by atoms with Gasteiger partial charge < -0.3 is 19.9 Å². The maximum atomic E-state index is 12.7. The Labute approximate surface area is 253 Å². The lowest BCUT2D eigenvalue weighted by atomic mass is 9.90. The first kappa shape index (κ1) is 30.4. The molecule has 0 aromatic heterocycles. The molecule has 0 saturated carbocycles. The molecule has 3 saturated heterocycles. The fourth-order valence-electron chi connectivity index (χ4n) is 5.78. The number of amidine groups is 1. The van der Waals surface area contributed by atoms with Crippen molar-refractivity contribution in [2.45, 2.75) is 63.3 Å². The Morgan fingerprint density at radius 2 is 1.67 bits per heavy atom. The van der Waals surface area contributed by atoms with E-state index < -0.39 is 21.5 Å². The number of benzene rings is 2. The number of piperidine rings is 1. The molecule has 0 radical (unpaired) electrons. The lowest BCUT2D eigenvalue weighted by Gasteiger charge is -2.34. The molecule has 0 aliphatic carbocycles. The highest BCUT2D eigenvalue weighted by Gasteiger charge is 2.49. The van der Waals surface area contributed by atoms with E-state index in [4.69, 9.17) is 4.74 Å². The lowest BCUT2D eigenvalue weighted by Crippen LogP contribution is -2.38. The van der Waals surface area contributed by atoms with E-state index >= 15 is 0 Å². The van der Waals surface area contributed by atoms with Gasteiger partial charge in [-0.05, 0) is 75.8 Å². The summed E-state index contributed by atoms with van der Waals surface area (Å²) in [5.41, 5.74) is 2.74. The third-order valence-electron chi connectivity index (χ3n) is 7.77. The second kappa shape index (κ2) is 12.7. The number of aliphatic imine (C=N–C) groups is 1. The molecule has 3 aliphatic rings. The normalized spacial score (nSPS) is 23.2. The van der Waals surface area contributed by atoms with Crippen molar-refractivity contribution >= 4 is 50.1 Å². The van der Waals surface area contributed by atoms with Crippen LogP contribution in [0.25, 0.3) is 0 Å². The number of fused-ring (bicyclic) bond motifs is 1. The number of amides is 2. The quantitative estimate of drug-likeness (QED) is 0.481. The number of hydrogen-bond acceptors (Lipinski definition) is 7. The van der Waals surface area contributed by atoms with Crippen LogP contribution in [0.4, 0.5) is 16.2 Å². The molecule has 2 aromatic rings. The summed E-state index contributed by atoms with van der Waals surface area (Å²) in [6, 6.07) is 18.6. The minimum atomic E-state index is -3.16. The van der Waals surface area contributed by atoms with Gasteiger partial charge >= 0.3 is 6.09 Å². The number of thioether (sulfide) groups is 1. The highest BCUT2D eigenvalue weighted by atomic mass is 32.2. The Morgan fingerprint density at radius 3 is 2.33 bits per heavy atom. The van der Waals surface area contributed by atoms with Gasteiger partial charge in [-0.15, -0.1) is 0 Å². The van der Waals surface area contributed by atoms with Gasteiger partial charge in [0, 0.05) is 42.7 Å². The molecule has 3 aliphatic heterocycles. The fourth-order valence-corrected chi connectivity index (χ4v) is 9.71. The molecular formula is C31H40N4O5S2. The first-order chi connectivity index (χ1) is 20.0. The second-order valence-corrected chi connectivity index (χ2v) is 15.6. The topological polar surface area (TPSA) is 108 Å². The van der Waals surface area contributed by atoms with Crippen molar-refractivity contribution < 1.29 is 22.7 Å². The van der Waals surface area contributed by atoms with Crippen molar-refractivity contribution in [1.82, 2.24) is 5.32 Å². The minimum Gasteiger partial charge on any atom is -0.444 e. The molecule has 226 valence electrons. The van der Waals surface area contributed by atoms with Crippen LogP contribution in [0, 0.1) is 5.92 Å². The first-order valence-corrected chi connectivity index (χ1v) is 17.3. The molecule has 0 unspecified atom stereocenters. The Hall–Kier alpha value is -3.05. The van der Waals surface area contributed by atoms with Crippen LogP contribution in [0.3, 0.4) is 0 Å². The number of ether oxygens (including phenoxy) is 1. The van der Waals surface area contributed by atoms with E-state index in [9.17, 15) is 18.0 Å². The SMILES string of the molecule is CC(C)(C)OC(=O)NCCC(=O)N=C1S[C@@H]2CS(=O)(=O)C[C@H]2N1c1ccc(N2CCC(Cc3ccccc3)CC2)cc1. The van der Waals surface area contributed by atoms with E-state index in [1.54, 1.807) is 20.8 Å². The van der Waals surface area contributed by atoms with Crippen LogP contribution in [0.15, 0.2) is 59.6 Å². The third-order valence-corrected chi connectivity index (χ3v) is 11.0. The number of rotatable bonds is 7. The van der Waals surface area contributed by atoms with Crippen LogP contribution < -0.4 is 15.1 Å². The van der Waals surface area contributed by atoms with Gasteiger partial charge in [-0.1, -0.05) is 42.1 Å². The molecule has 0 spiro atoms. The van der Waals surface area contributed by atoms with Gasteiger partial charge in [-0.2, -0.15) is 4.99 Å². The molecule has 1 N–H and O–H groups in total. The Bertz CT molecular complexity index is 1400. The van der Waals surface area contributed by atoms with Gasteiger partial charge in [0.2, 0.25) is 5.91 Å². The predicted molar refractivity (Wildman–Crippen MR) is 169 cm³/mol. The number of alkyl carbamates (subject to hydrolysis) is 1. The summed E-state index contributed by atoms with van der Waals surface area (Å²) in [5, 5.41) is 2.92. The van der Waals surface area contributed by atoms with Gasteiger partial charge in [0.25, 0.3) is 0 Å². The zero-order valence-corrected chi connectivity index (χ0v) is 26.1. The van der Waals surface area contributed by atoms with E-state index in [0.29, 0.717) is 11.1 Å². The summed E-state index contributed by atoms with van der Waals surface area (Å²) in [7, 11) is -3.16. The van der Waals surface area contributed by atoms with Crippen molar-refractivity contribution in [2.75, 3.05) is 40.9 Å². The molecule has 42 heavy (non-hydrogen) atoms. The molecule has 0 bridgehead atoms. The second-order valence-electron chi connectivity index (χ2n) is 12.3. The predicted octanol–water partition coefficient (Wildman–Crippen LogP) is 4.66. The van der Waals surface area contributed by atoms with Gasteiger partial charge in [-0.25, -0.2) is 13.2 Å². The average molecular weight is 613 g/mol. The van der Waals surface area contributed by atoms with Crippen LogP contribution in [0.5, 0.6) is 0 Å². The molecule has 9 nitrogen and oxygen atoms in total. The number of hydrogen-bond donors (Lipinski definition) is 1. The molecule has 2 aromatic carbocycles. The van der Waals surface area contributed by atoms with Crippen LogP contribution in [-0.4, -0.2) is 73.6 Å². The summed E-state index contributed by atoms with van der Waals surface area (Å²) >= 11 is 1.35. The van der Waals surface area contributed by atoms with Crippen LogP contribution in [-0.2, 0) is 25.8 Å². The van der Waals surface area contributed by atoms with Gasteiger partial charge in [0.15, 0.2) is 15.0 Å². The van der Waals surface area contributed by atoms with E-state index in [2.05, 4.69) is 57.7 Å². The number of carbonyl (C=O) groups is 2. The minimum absolute atomic E-state index is 0.0178. The van der Waals surface area contributed by atoms with Crippen LogP contribution in [0.1, 0.15) is 45.6 Å². The molecule has 3 heterocycles. The zero-order chi connectivity index (χ0) is 29.9. The highest BCUT2D eigenvalue weighted by Crippen LogP contribution is 2.41. The monoisotopic (exact) mass is 612 g/mol. The maximum Gasteiger partial charge on any atom is 0.407 e. The number of carbonyl (C=O) groups excluding carboxylic acids is 2. The van der Waals surface area contributed by atoms with Crippen molar-refractivity contribution in [2.24, 2.45) is 10.9 Å². The van der Waals surface area contributed by atoms with Crippen LogP contribution in [0.2, 0.25) is 0 Å². The summed E-state index contributed by atoms with van der Waals surface area (Å²) in [6.45, 7) is 7.42. The van der Waals surface area contributed by atoms with E-state index in [1.807, 2.05) is 17.0 Å². The van der Waals surface area contributed by atoms with Crippen molar-refractivity contribution in [3.63, 3.8) is 0 Å². The molecular weight excluding hydrogens is 572 g/mol. The molecule has 5 rings (SSSR count). The Kier molecular flexibility index (Phi) is 9.17. The van der Waals surface area contributed by atoms with E-state index in [1.165, 1.54) is 17.3 Å². The zero-order valence-electron chi connectivity index (χ0n) is 24.5. The third kappa shape index (κ3) is 7.86. The Morgan fingerprint density at radius 1 is 1.00 bits per heavy atom. The highest BCUT2D eigenvalue weighted by molar-refractivity contribution is 8.16. The molecule has 3 fully saturated rings. The number of sulfone groups is 1. The van der Waals surface area contributed by atoms with Gasteiger partial charge in [-0.3, -0.25) is 4.79 Å². The summed E-state index contributed by atoms with van der Waals surface area (Å²) < 4.78 is 30.1. The van der Waals surface area contributed by atoms with Crippen molar-refractivity contribution in [3.05, 3.63) is 60.2 Å². The number of nitrogens with one attached hydrogen (secondary N) is 1. The summed E-state index contributed by atoms with van der Waals surface area (Å²) in [5.74, 6) is 0.412. The van der Waals surface area contributed by atoms with Gasteiger partial charge in [0.05, 0.1) is 17.5 Å². The summed E-state index contributed by atoms with van der Waals surface area (Å²) in [4.78, 5) is 33.3. The van der Waals surface area contributed by atoms with Crippen LogP contribution >= 0.6 is 11.8 Å². The Balaban J connectivity index is 1.23. The lowest BCUT2D eigenvalue weighted by molar-refractivity contribution is -0.117. The first-order valence-electron chi connectivity index (χ1n) is 14.6. The van der Waals surface area contributed by atoms with E-state index in [-0.39, 0.29) is 41.7 Å². The van der Waals surface area contributed by atoms with Crippen molar-refractivity contribution in [3.8, 4) is 0 Å². The average Bonchev–Trinajstić information content (AvgIpc) is 3.39. The smallest absolute Gasteiger partial charge is 0.407 e.